The second-order valence-electron chi connectivity index (χ2n) is 4.97. The number of benzene rings is 1. The fourth-order valence-electron chi connectivity index (χ4n) is 1.93. The predicted octanol–water partition coefficient (Wildman–Crippen LogP) is 3.22. The van der Waals surface area contributed by atoms with Gasteiger partial charge in [-0.1, -0.05) is 32.0 Å². The maximum Gasteiger partial charge on any atom is 0.333 e. The van der Waals surface area contributed by atoms with E-state index >= 15 is 0 Å². The van der Waals surface area contributed by atoms with Crippen LogP contribution >= 0.6 is 0 Å². The van der Waals surface area contributed by atoms with Crippen LogP contribution in [0.3, 0.4) is 0 Å². The Hall–Kier alpha value is -1.97. The molecule has 0 spiro atoms. The van der Waals surface area contributed by atoms with E-state index in [1.807, 2.05) is 30.3 Å². The average molecular weight is 277 g/mol. The fraction of sp³-hybridized carbons (Fsp3) is 0.438. The minimum atomic E-state index is -0.412. The van der Waals surface area contributed by atoms with Gasteiger partial charge in [-0.15, -0.1) is 0 Å². The number of esters is 1. The smallest absolute Gasteiger partial charge is 0.333 e. The second-order valence-corrected chi connectivity index (χ2v) is 4.97. The number of anilines is 1. The van der Waals surface area contributed by atoms with Crippen molar-refractivity contribution in [2.24, 2.45) is 5.92 Å². The van der Waals surface area contributed by atoms with Gasteiger partial charge in [0, 0.05) is 5.69 Å². The molecule has 1 atom stereocenters. The van der Waals surface area contributed by atoms with Crippen molar-refractivity contribution in [3.05, 3.63) is 42.2 Å². The molecule has 1 aromatic rings. The normalized spacial score (nSPS) is 12.9. The summed E-state index contributed by atoms with van der Waals surface area (Å²) in [6, 6.07) is 9.79. The summed E-state index contributed by atoms with van der Waals surface area (Å²) in [5, 5.41) is 3.39. The minimum absolute atomic E-state index is 0.0681. The monoisotopic (exact) mass is 277 g/mol. The summed E-state index contributed by atoms with van der Waals surface area (Å²) < 4.78 is 10.0. The first-order chi connectivity index (χ1) is 9.56. The second kappa shape index (κ2) is 8.25. The number of ether oxygens (including phenoxy) is 2. The van der Waals surface area contributed by atoms with Crippen LogP contribution in [0.25, 0.3) is 0 Å². The van der Waals surface area contributed by atoms with E-state index < -0.39 is 5.97 Å². The molecule has 110 valence electrons. The highest BCUT2D eigenvalue weighted by molar-refractivity contribution is 5.82. The topological polar surface area (TPSA) is 47.6 Å². The van der Waals surface area contributed by atoms with Crippen LogP contribution in [-0.4, -0.2) is 26.2 Å². The molecule has 0 saturated carbocycles. The van der Waals surface area contributed by atoms with Gasteiger partial charge < -0.3 is 14.8 Å². The molecule has 4 nitrogen and oxygen atoms in total. The van der Waals surface area contributed by atoms with Gasteiger partial charge in [-0.2, -0.15) is 0 Å². The molecule has 0 aliphatic carbocycles. The van der Waals surface area contributed by atoms with Gasteiger partial charge in [-0.3, -0.25) is 0 Å². The Kier molecular flexibility index (Phi) is 6.64. The number of rotatable bonds is 7. The maximum atomic E-state index is 11.4. The summed E-state index contributed by atoms with van der Waals surface area (Å²) >= 11 is 0. The van der Waals surface area contributed by atoms with Gasteiger partial charge in [0.2, 0.25) is 0 Å². The van der Waals surface area contributed by atoms with Crippen LogP contribution in [0.1, 0.15) is 20.3 Å². The Balaban J connectivity index is 2.92. The van der Waals surface area contributed by atoms with Crippen LogP contribution in [-0.2, 0) is 14.3 Å². The molecule has 0 aromatic heterocycles. The van der Waals surface area contributed by atoms with E-state index in [0.717, 1.165) is 12.1 Å². The lowest BCUT2D eigenvalue weighted by molar-refractivity contribution is -0.135. The molecule has 20 heavy (non-hydrogen) atoms. The maximum absolute atomic E-state index is 11.4. The zero-order chi connectivity index (χ0) is 15.0. The summed E-state index contributed by atoms with van der Waals surface area (Å²) in [5.74, 6) is 0.632. The van der Waals surface area contributed by atoms with E-state index in [2.05, 4.69) is 23.9 Å². The average Bonchev–Trinajstić information content (AvgIpc) is 2.44. The van der Waals surface area contributed by atoms with Crippen LogP contribution in [0.2, 0.25) is 0 Å². The molecule has 0 aliphatic heterocycles. The summed E-state index contributed by atoms with van der Waals surface area (Å²) in [6.45, 7) is 4.26. The van der Waals surface area contributed by atoms with Crippen LogP contribution in [0, 0.1) is 5.92 Å². The zero-order valence-electron chi connectivity index (χ0n) is 12.6. The molecule has 0 bridgehead atoms. The molecule has 0 amide bonds. The Morgan fingerprint density at radius 3 is 2.35 bits per heavy atom. The van der Waals surface area contributed by atoms with Gasteiger partial charge >= 0.3 is 5.97 Å². The van der Waals surface area contributed by atoms with Crippen LogP contribution < -0.4 is 5.32 Å². The minimum Gasteiger partial charge on any atom is -0.499 e. The third kappa shape index (κ3) is 5.34. The van der Waals surface area contributed by atoms with Crippen LogP contribution in [0.4, 0.5) is 5.69 Å². The van der Waals surface area contributed by atoms with E-state index in [9.17, 15) is 4.79 Å². The first-order valence-electron chi connectivity index (χ1n) is 6.72. The Morgan fingerprint density at radius 1 is 1.20 bits per heavy atom. The zero-order valence-corrected chi connectivity index (χ0v) is 12.6. The molecule has 0 radical (unpaired) electrons. The van der Waals surface area contributed by atoms with Crippen molar-refractivity contribution in [2.75, 3.05) is 19.5 Å². The molecule has 0 saturated heterocycles. The predicted molar refractivity (Wildman–Crippen MR) is 80.4 cm³/mol. The van der Waals surface area contributed by atoms with Gasteiger partial charge in [0.1, 0.15) is 5.76 Å². The van der Waals surface area contributed by atoms with Crippen molar-refractivity contribution in [1.29, 1.82) is 0 Å². The standard InChI is InChI=1S/C16H23NO3/c1-12(2)10-14(15(19-3)11-16(18)20-4)17-13-8-6-5-7-9-13/h5-9,11-12,14,17H,10H2,1-4H3/b15-11+. The molecule has 1 unspecified atom stereocenters. The lowest BCUT2D eigenvalue weighted by atomic mass is 10.0. The fourth-order valence-corrected chi connectivity index (χ4v) is 1.93. The number of carbonyl (C=O) groups is 1. The van der Waals surface area contributed by atoms with E-state index in [1.165, 1.54) is 13.2 Å². The summed E-state index contributed by atoms with van der Waals surface area (Å²) in [6.07, 6.45) is 2.24. The molecule has 4 heteroatoms. The molecular weight excluding hydrogens is 254 g/mol. The Bertz CT molecular complexity index is 440. The summed E-state index contributed by atoms with van der Waals surface area (Å²) in [4.78, 5) is 11.4. The molecule has 0 heterocycles. The summed E-state index contributed by atoms with van der Waals surface area (Å²) in [7, 11) is 2.92. The molecule has 1 N–H and O–H groups in total. The van der Waals surface area contributed by atoms with E-state index in [1.54, 1.807) is 7.11 Å². The van der Waals surface area contributed by atoms with E-state index in [-0.39, 0.29) is 6.04 Å². The third-order valence-corrected chi connectivity index (χ3v) is 2.86. The molecular formula is C16H23NO3. The van der Waals surface area contributed by atoms with Gasteiger partial charge in [-0.25, -0.2) is 4.79 Å². The highest BCUT2D eigenvalue weighted by Gasteiger charge is 2.18. The number of nitrogens with one attached hydrogen (secondary N) is 1. The molecule has 1 rings (SSSR count). The quantitative estimate of drug-likeness (QED) is 0.472. The van der Waals surface area contributed by atoms with Gasteiger partial charge in [-0.05, 0) is 24.5 Å². The number of methoxy groups -OCH3 is 2. The lowest BCUT2D eigenvalue weighted by Gasteiger charge is -2.23. The SMILES string of the molecule is COC(=O)/C=C(/OC)C(CC(C)C)Nc1ccccc1. The molecule has 0 aliphatic rings. The number of para-hydroxylation sites is 1. The lowest BCUT2D eigenvalue weighted by Crippen LogP contribution is -2.26. The Labute approximate surface area is 120 Å². The number of hydrogen-bond donors (Lipinski definition) is 1. The summed E-state index contributed by atoms with van der Waals surface area (Å²) in [5.41, 5.74) is 0.992. The molecule has 0 fully saturated rings. The number of carbonyl (C=O) groups excluding carboxylic acids is 1. The Morgan fingerprint density at radius 2 is 1.85 bits per heavy atom. The third-order valence-electron chi connectivity index (χ3n) is 2.86. The molecule has 1 aromatic carbocycles. The highest BCUT2D eigenvalue weighted by Crippen LogP contribution is 2.19. The van der Waals surface area contributed by atoms with E-state index in [0.29, 0.717) is 11.7 Å². The van der Waals surface area contributed by atoms with Crippen molar-refractivity contribution in [1.82, 2.24) is 0 Å². The van der Waals surface area contributed by atoms with Gasteiger partial charge in [0.25, 0.3) is 0 Å². The van der Waals surface area contributed by atoms with Crippen molar-refractivity contribution in [2.45, 2.75) is 26.3 Å². The van der Waals surface area contributed by atoms with Crippen molar-refractivity contribution in [3.63, 3.8) is 0 Å². The van der Waals surface area contributed by atoms with Gasteiger partial charge in [0.15, 0.2) is 0 Å². The van der Waals surface area contributed by atoms with Gasteiger partial charge in [0.05, 0.1) is 26.3 Å². The van der Waals surface area contributed by atoms with Crippen LogP contribution in [0.5, 0.6) is 0 Å². The first-order valence-corrected chi connectivity index (χ1v) is 6.72. The largest absolute Gasteiger partial charge is 0.499 e. The van der Waals surface area contributed by atoms with Crippen molar-refractivity contribution >= 4 is 11.7 Å². The highest BCUT2D eigenvalue weighted by atomic mass is 16.5. The van der Waals surface area contributed by atoms with E-state index in [4.69, 9.17) is 4.74 Å². The number of hydrogen-bond acceptors (Lipinski definition) is 4. The van der Waals surface area contributed by atoms with Crippen molar-refractivity contribution < 1.29 is 14.3 Å². The first kappa shape index (κ1) is 16.1. The van der Waals surface area contributed by atoms with Crippen LogP contribution in [0.15, 0.2) is 42.2 Å². The van der Waals surface area contributed by atoms with Crippen molar-refractivity contribution in [3.8, 4) is 0 Å².